The summed E-state index contributed by atoms with van der Waals surface area (Å²) in [5.41, 5.74) is -0.893. The molecule has 0 saturated carbocycles. The zero-order valence-electron chi connectivity index (χ0n) is 11.4. The van der Waals surface area contributed by atoms with Crippen LogP contribution >= 0.6 is 15.9 Å². The van der Waals surface area contributed by atoms with Crippen LogP contribution in [0.1, 0.15) is 16.8 Å². The lowest BCUT2D eigenvalue weighted by Gasteiger charge is -2.23. The summed E-state index contributed by atoms with van der Waals surface area (Å²) < 4.78 is 18.8. The lowest BCUT2D eigenvalue weighted by Crippen LogP contribution is -2.40. The molecule has 1 fully saturated rings. The maximum atomic E-state index is 13.4. The van der Waals surface area contributed by atoms with Gasteiger partial charge >= 0.3 is 5.97 Å². The predicted octanol–water partition coefficient (Wildman–Crippen LogP) is 2.15. The first-order valence-electron chi connectivity index (χ1n) is 6.36. The fourth-order valence-electron chi connectivity index (χ4n) is 2.54. The highest BCUT2D eigenvalue weighted by Gasteiger charge is 2.46. The maximum Gasteiger partial charge on any atom is 0.313 e. The van der Waals surface area contributed by atoms with Crippen molar-refractivity contribution < 1.29 is 23.8 Å². The smallest absolute Gasteiger partial charge is 0.313 e. The number of amides is 1. The van der Waals surface area contributed by atoms with Gasteiger partial charge in [-0.25, -0.2) is 4.39 Å². The van der Waals surface area contributed by atoms with Crippen LogP contribution in [0.2, 0.25) is 0 Å². The summed E-state index contributed by atoms with van der Waals surface area (Å²) in [6.45, 7) is 0.407. The van der Waals surface area contributed by atoms with E-state index in [0.717, 1.165) is 6.07 Å². The highest BCUT2D eigenvalue weighted by atomic mass is 79.9. The molecule has 1 aromatic rings. The van der Waals surface area contributed by atoms with Gasteiger partial charge in [0, 0.05) is 30.2 Å². The summed E-state index contributed by atoms with van der Waals surface area (Å²) in [7, 11) is 1.43. The van der Waals surface area contributed by atoms with Crippen molar-refractivity contribution in [2.24, 2.45) is 5.41 Å². The lowest BCUT2D eigenvalue weighted by atomic mass is 9.88. The van der Waals surface area contributed by atoms with Crippen LogP contribution in [-0.4, -0.2) is 48.7 Å². The Kier molecular flexibility index (Phi) is 4.63. The molecule has 1 N–H and O–H groups in total. The molecule has 1 saturated heterocycles. The SMILES string of the molecule is COCC1(C(=O)O)CCN(C(=O)c2cc(F)cc(Br)c2)C1. The third kappa shape index (κ3) is 3.24. The van der Waals surface area contributed by atoms with Crippen LogP contribution < -0.4 is 0 Å². The molecule has 0 aromatic heterocycles. The Hall–Kier alpha value is -1.47. The number of aliphatic carboxylic acids is 1. The van der Waals surface area contributed by atoms with Gasteiger partial charge in [-0.05, 0) is 24.6 Å². The fourth-order valence-corrected chi connectivity index (χ4v) is 3.00. The van der Waals surface area contributed by atoms with Gasteiger partial charge in [0.25, 0.3) is 5.91 Å². The van der Waals surface area contributed by atoms with Crippen LogP contribution in [0.15, 0.2) is 22.7 Å². The number of rotatable bonds is 4. The second kappa shape index (κ2) is 6.11. The van der Waals surface area contributed by atoms with Gasteiger partial charge in [0.15, 0.2) is 0 Å². The number of halogens is 2. The minimum Gasteiger partial charge on any atom is -0.481 e. The van der Waals surface area contributed by atoms with Gasteiger partial charge in [0.2, 0.25) is 0 Å². The monoisotopic (exact) mass is 359 g/mol. The molecule has 2 rings (SSSR count). The van der Waals surface area contributed by atoms with Gasteiger partial charge in [0.05, 0.1) is 6.61 Å². The number of hydrogen-bond acceptors (Lipinski definition) is 3. The Labute approximate surface area is 129 Å². The number of benzene rings is 1. The average Bonchev–Trinajstić information content (AvgIpc) is 2.83. The van der Waals surface area contributed by atoms with Gasteiger partial charge < -0.3 is 14.7 Å². The maximum absolute atomic E-state index is 13.4. The Morgan fingerprint density at radius 1 is 1.48 bits per heavy atom. The molecule has 0 bridgehead atoms. The number of methoxy groups -OCH3 is 1. The Morgan fingerprint density at radius 2 is 2.19 bits per heavy atom. The van der Waals surface area contributed by atoms with Crippen molar-refractivity contribution in [3.05, 3.63) is 34.1 Å². The summed E-state index contributed by atoms with van der Waals surface area (Å²) in [5.74, 6) is -1.89. The molecule has 7 heteroatoms. The summed E-state index contributed by atoms with van der Waals surface area (Å²) in [6.07, 6.45) is 0.318. The van der Waals surface area contributed by atoms with Crippen molar-refractivity contribution in [2.75, 3.05) is 26.8 Å². The first-order chi connectivity index (χ1) is 9.88. The van der Waals surface area contributed by atoms with Crippen LogP contribution in [0, 0.1) is 11.2 Å². The highest BCUT2D eigenvalue weighted by molar-refractivity contribution is 9.10. The minimum atomic E-state index is -1.09. The molecule has 1 aliphatic rings. The van der Waals surface area contributed by atoms with Crippen LogP contribution in [0.3, 0.4) is 0 Å². The molecule has 1 aliphatic heterocycles. The van der Waals surface area contributed by atoms with Crippen molar-refractivity contribution >= 4 is 27.8 Å². The predicted molar refractivity (Wildman–Crippen MR) is 76.6 cm³/mol. The molecule has 5 nitrogen and oxygen atoms in total. The second-order valence-electron chi connectivity index (χ2n) is 5.15. The van der Waals surface area contributed by atoms with Gasteiger partial charge in [-0.3, -0.25) is 9.59 Å². The standard InChI is InChI=1S/C14H15BrFNO4/c1-21-8-14(13(19)20)2-3-17(7-14)12(18)9-4-10(15)6-11(16)5-9/h4-6H,2-3,7-8H2,1H3,(H,19,20). The number of ether oxygens (including phenoxy) is 1. The van der Waals surface area contributed by atoms with Crippen molar-refractivity contribution in [2.45, 2.75) is 6.42 Å². The van der Waals surface area contributed by atoms with E-state index >= 15 is 0 Å². The van der Waals surface area contributed by atoms with Gasteiger partial charge in [0.1, 0.15) is 11.2 Å². The first-order valence-corrected chi connectivity index (χ1v) is 7.15. The molecular formula is C14H15BrFNO4. The van der Waals surface area contributed by atoms with Crippen molar-refractivity contribution in [1.82, 2.24) is 4.90 Å². The summed E-state index contributed by atoms with van der Waals surface area (Å²) in [5, 5.41) is 9.37. The number of nitrogens with zero attached hydrogens (tertiary/aromatic N) is 1. The molecule has 1 atom stereocenters. The second-order valence-corrected chi connectivity index (χ2v) is 6.07. The first kappa shape index (κ1) is 15.9. The summed E-state index contributed by atoms with van der Waals surface area (Å²) in [4.78, 5) is 25.2. The van der Waals surface area contributed by atoms with Crippen LogP contribution in [0.4, 0.5) is 4.39 Å². The number of carbonyl (C=O) groups is 2. The van der Waals surface area contributed by atoms with E-state index in [4.69, 9.17) is 4.74 Å². The molecule has 0 spiro atoms. The number of carbonyl (C=O) groups excluding carboxylic acids is 1. The molecule has 0 radical (unpaired) electrons. The summed E-state index contributed by atoms with van der Waals surface area (Å²) >= 11 is 3.14. The van der Waals surface area contributed by atoms with E-state index in [-0.39, 0.29) is 24.6 Å². The number of hydrogen-bond donors (Lipinski definition) is 1. The van der Waals surface area contributed by atoms with Crippen LogP contribution in [0.5, 0.6) is 0 Å². The quantitative estimate of drug-likeness (QED) is 0.894. The van der Waals surface area contributed by atoms with E-state index < -0.39 is 17.2 Å². The fraction of sp³-hybridized carbons (Fsp3) is 0.429. The van der Waals surface area contributed by atoms with E-state index in [1.54, 1.807) is 0 Å². The average molecular weight is 360 g/mol. The summed E-state index contributed by atoms with van der Waals surface area (Å²) in [6, 6.07) is 3.92. The molecule has 114 valence electrons. The minimum absolute atomic E-state index is 0.0406. The molecule has 1 unspecified atom stereocenters. The Balaban J connectivity index is 2.20. The van der Waals surface area contributed by atoms with Crippen molar-refractivity contribution in [3.8, 4) is 0 Å². The molecule has 0 aliphatic carbocycles. The molecule has 1 amide bonds. The Bertz CT molecular complexity index is 560. The molecule has 1 heterocycles. The van der Waals surface area contributed by atoms with Gasteiger partial charge in [-0.1, -0.05) is 15.9 Å². The molecular weight excluding hydrogens is 345 g/mol. The van der Waals surface area contributed by atoms with E-state index in [9.17, 15) is 19.1 Å². The van der Waals surface area contributed by atoms with Gasteiger partial charge in [-0.2, -0.15) is 0 Å². The number of carboxylic acids is 1. The Morgan fingerprint density at radius 3 is 2.76 bits per heavy atom. The van der Waals surface area contributed by atoms with Crippen LogP contribution in [-0.2, 0) is 9.53 Å². The van der Waals surface area contributed by atoms with E-state index in [0.29, 0.717) is 17.4 Å². The zero-order chi connectivity index (χ0) is 15.6. The molecule has 21 heavy (non-hydrogen) atoms. The van der Waals surface area contributed by atoms with Gasteiger partial charge in [-0.15, -0.1) is 0 Å². The third-order valence-electron chi connectivity index (χ3n) is 3.62. The van der Waals surface area contributed by atoms with E-state index in [1.807, 2.05) is 0 Å². The van der Waals surface area contributed by atoms with E-state index in [2.05, 4.69) is 15.9 Å². The van der Waals surface area contributed by atoms with Crippen LogP contribution in [0.25, 0.3) is 0 Å². The number of likely N-dealkylation sites (tertiary alicyclic amines) is 1. The largest absolute Gasteiger partial charge is 0.481 e. The lowest BCUT2D eigenvalue weighted by molar-refractivity contribution is -0.151. The molecule has 1 aromatic carbocycles. The zero-order valence-corrected chi connectivity index (χ0v) is 13.0. The third-order valence-corrected chi connectivity index (χ3v) is 4.08. The number of carboxylic acid groups (broad SMARTS) is 1. The van der Waals surface area contributed by atoms with Crippen molar-refractivity contribution in [1.29, 1.82) is 0 Å². The van der Waals surface area contributed by atoms with E-state index in [1.165, 1.54) is 24.1 Å². The van der Waals surface area contributed by atoms with Crippen molar-refractivity contribution in [3.63, 3.8) is 0 Å². The normalized spacial score (nSPS) is 21.6. The highest BCUT2D eigenvalue weighted by Crippen LogP contribution is 2.32. The topological polar surface area (TPSA) is 66.8 Å².